The predicted octanol–water partition coefficient (Wildman–Crippen LogP) is 6.66. The number of likely N-dealkylation sites (tertiary alicyclic amines) is 1. The maximum atomic E-state index is 13.9. The number of ether oxygens (including phenoxy) is 3. The number of aromatic nitrogens is 2. The maximum absolute atomic E-state index is 13.9. The van der Waals surface area contributed by atoms with Gasteiger partial charge in [0, 0.05) is 25.3 Å². The van der Waals surface area contributed by atoms with Crippen molar-refractivity contribution in [2.24, 2.45) is 11.8 Å². The molecule has 2 aliphatic heterocycles. The molecule has 2 aromatic carbocycles. The van der Waals surface area contributed by atoms with E-state index in [1.165, 1.54) is 13.2 Å². The van der Waals surface area contributed by atoms with E-state index >= 15 is 0 Å². The van der Waals surface area contributed by atoms with Crippen LogP contribution in [0.5, 0.6) is 5.75 Å². The van der Waals surface area contributed by atoms with E-state index in [4.69, 9.17) is 21.1 Å². The molecule has 3 heterocycles. The first-order chi connectivity index (χ1) is 20.9. The van der Waals surface area contributed by atoms with Crippen LogP contribution < -0.4 is 10.1 Å². The smallest absolute Gasteiger partial charge is 0.453 e. The lowest BCUT2D eigenvalue weighted by Gasteiger charge is -2.34. The second-order valence-corrected chi connectivity index (χ2v) is 11.7. The molecule has 2 unspecified atom stereocenters. The summed E-state index contributed by atoms with van der Waals surface area (Å²) in [4.78, 5) is 35.8. The molecular weight excluding hydrogens is 601 g/mol. The number of carbonyl (C=O) groups is 2. The van der Waals surface area contributed by atoms with Crippen molar-refractivity contribution < 1.29 is 37.0 Å². The van der Waals surface area contributed by atoms with Crippen molar-refractivity contribution in [3.8, 4) is 28.1 Å². The number of aryl methyl sites for hydroxylation is 1. The number of rotatable bonds is 7. The lowest BCUT2D eigenvalue weighted by Crippen LogP contribution is -2.53. The van der Waals surface area contributed by atoms with Gasteiger partial charge in [-0.15, -0.1) is 13.2 Å². The van der Waals surface area contributed by atoms with E-state index in [0.717, 1.165) is 5.56 Å². The van der Waals surface area contributed by atoms with E-state index in [1.807, 2.05) is 0 Å². The number of benzene rings is 2. The zero-order valence-corrected chi connectivity index (χ0v) is 25.3. The Balaban J connectivity index is 1.38. The first kappa shape index (κ1) is 31.6. The van der Waals surface area contributed by atoms with Crippen LogP contribution in [-0.2, 0) is 14.3 Å². The van der Waals surface area contributed by atoms with Gasteiger partial charge in [-0.05, 0) is 66.8 Å². The second kappa shape index (κ2) is 13.1. The average Bonchev–Trinajstić information content (AvgIpc) is 3.62. The topological polar surface area (TPSA) is 106 Å². The molecule has 13 heteroatoms. The minimum atomic E-state index is -4.87. The van der Waals surface area contributed by atoms with Gasteiger partial charge in [-0.2, -0.15) is 0 Å². The van der Waals surface area contributed by atoms with Gasteiger partial charge in [-0.25, -0.2) is 9.78 Å². The minimum absolute atomic E-state index is 0.0818. The van der Waals surface area contributed by atoms with Crippen LogP contribution in [0.25, 0.3) is 22.4 Å². The van der Waals surface area contributed by atoms with Gasteiger partial charge in [0.05, 0.1) is 30.1 Å². The summed E-state index contributed by atoms with van der Waals surface area (Å²) in [6, 6.07) is 8.64. The third kappa shape index (κ3) is 7.13. The summed E-state index contributed by atoms with van der Waals surface area (Å²) in [5.41, 5.74) is 2.55. The number of carbonyl (C=O) groups excluding carboxylic acids is 2. The molecule has 0 spiro atoms. The summed E-state index contributed by atoms with van der Waals surface area (Å²) in [6.45, 7) is 5.25. The fraction of sp³-hybridized carbons (Fsp3) is 0.452. The Morgan fingerprint density at radius 2 is 1.84 bits per heavy atom. The van der Waals surface area contributed by atoms with Crippen molar-refractivity contribution in [2.75, 3.05) is 26.9 Å². The van der Waals surface area contributed by atoms with Crippen LogP contribution in [0.4, 0.5) is 18.0 Å². The fourth-order valence-corrected chi connectivity index (χ4v) is 6.38. The normalized spacial score (nSPS) is 19.9. The minimum Gasteiger partial charge on any atom is -0.453 e. The Kier molecular flexibility index (Phi) is 9.40. The van der Waals surface area contributed by atoms with Crippen LogP contribution in [0.2, 0.25) is 5.02 Å². The highest BCUT2D eigenvalue weighted by atomic mass is 35.5. The molecule has 0 saturated carbocycles. The molecular formula is C31H34ClF3N4O5. The summed E-state index contributed by atoms with van der Waals surface area (Å²) in [7, 11) is 1.27. The number of alkyl carbamates (subject to hydrolysis) is 1. The largest absolute Gasteiger partial charge is 0.573 e. The molecule has 1 aromatic heterocycles. The van der Waals surface area contributed by atoms with Crippen LogP contribution in [0.3, 0.4) is 0 Å². The van der Waals surface area contributed by atoms with Crippen molar-refractivity contribution in [1.82, 2.24) is 20.2 Å². The molecule has 2 aliphatic rings. The van der Waals surface area contributed by atoms with E-state index in [9.17, 15) is 22.8 Å². The van der Waals surface area contributed by atoms with Gasteiger partial charge in [0.15, 0.2) is 0 Å². The van der Waals surface area contributed by atoms with Crippen LogP contribution in [-0.4, -0.2) is 66.1 Å². The molecule has 0 aliphatic carbocycles. The van der Waals surface area contributed by atoms with E-state index in [2.05, 4.69) is 26.9 Å². The molecule has 0 bridgehead atoms. The third-order valence-electron chi connectivity index (χ3n) is 8.08. The molecule has 44 heavy (non-hydrogen) atoms. The van der Waals surface area contributed by atoms with Crippen LogP contribution in [0.15, 0.2) is 42.6 Å². The zero-order chi connectivity index (χ0) is 31.6. The zero-order valence-electron chi connectivity index (χ0n) is 24.5. The van der Waals surface area contributed by atoms with Crippen molar-refractivity contribution in [3.05, 3.63) is 59.0 Å². The SMILES string of the molecule is COC(=O)NC(C(=O)N1CC(C)C[C@H]1c1ncc(-c2ccc(-c3c(Cl)cc(C)cc3OC(F)(F)F)cc2)[nH]1)C1CCOCC1. The Labute approximate surface area is 258 Å². The highest BCUT2D eigenvalue weighted by Crippen LogP contribution is 2.41. The van der Waals surface area contributed by atoms with Crippen LogP contribution >= 0.6 is 11.6 Å². The average molecular weight is 635 g/mol. The Hall–Kier alpha value is -3.77. The maximum Gasteiger partial charge on any atom is 0.573 e. The van der Waals surface area contributed by atoms with Crippen molar-refractivity contribution in [2.45, 2.75) is 51.6 Å². The van der Waals surface area contributed by atoms with E-state index in [1.54, 1.807) is 48.4 Å². The van der Waals surface area contributed by atoms with Gasteiger partial charge in [0.1, 0.15) is 17.6 Å². The molecule has 0 radical (unpaired) electrons. The number of nitrogens with one attached hydrogen (secondary N) is 2. The van der Waals surface area contributed by atoms with Crippen molar-refractivity contribution in [3.63, 3.8) is 0 Å². The number of amides is 2. The standard InChI is InChI=1S/C31H34ClF3N4O5/c1-17-12-22(32)26(25(14-17)44-31(33,34)35)20-6-4-19(5-7-20)23-15-36-28(37-23)24-13-18(2)16-39(24)29(40)27(38-30(41)42-3)21-8-10-43-11-9-21/h4-7,12,14-15,18,21,24,27H,8-11,13,16H2,1-3H3,(H,36,37)(H,38,41)/t18?,24-,27?/m0/s1. The van der Waals surface area contributed by atoms with Crippen LogP contribution in [0.1, 0.15) is 43.6 Å². The van der Waals surface area contributed by atoms with Gasteiger partial charge in [-0.3, -0.25) is 4.79 Å². The molecule has 2 fully saturated rings. The number of H-pyrrole nitrogens is 1. The Morgan fingerprint density at radius 3 is 2.50 bits per heavy atom. The lowest BCUT2D eigenvalue weighted by atomic mass is 9.90. The number of halogens is 4. The quantitative estimate of drug-likeness (QED) is 0.301. The van der Waals surface area contributed by atoms with E-state index in [0.29, 0.717) is 61.7 Å². The van der Waals surface area contributed by atoms with Crippen molar-refractivity contribution in [1.29, 1.82) is 0 Å². The highest BCUT2D eigenvalue weighted by molar-refractivity contribution is 6.33. The third-order valence-corrected chi connectivity index (χ3v) is 8.37. The summed E-state index contributed by atoms with van der Waals surface area (Å²) in [5, 5.41) is 2.89. The Bertz CT molecular complexity index is 1490. The van der Waals surface area contributed by atoms with Gasteiger partial charge in [0.2, 0.25) is 5.91 Å². The molecule has 2 amide bonds. The number of imidazole rings is 1. The molecule has 3 atom stereocenters. The van der Waals surface area contributed by atoms with E-state index in [-0.39, 0.29) is 40.1 Å². The van der Waals surface area contributed by atoms with Crippen molar-refractivity contribution >= 4 is 23.6 Å². The number of hydrogen-bond acceptors (Lipinski definition) is 6. The summed E-state index contributed by atoms with van der Waals surface area (Å²) < 4.78 is 53.8. The fourth-order valence-electron chi connectivity index (χ4n) is 6.01. The first-order valence-electron chi connectivity index (χ1n) is 14.4. The second-order valence-electron chi connectivity index (χ2n) is 11.3. The number of aromatic amines is 1. The van der Waals surface area contributed by atoms with Crippen LogP contribution in [0, 0.1) is 18.8 Å². The molecule has 9 nitrogen and oxygen atoms in total. The number of nitrogens with zero attached hydrogens (tertiary/aromatic N) is 2. The first-order valence-corrected chi connectivity index (χ1v) is 14.8. The van der Waals surface area contributed by atoms with Gasteiger partial charge in [0.25, 0.3) is 0 Å². The summed E-state index contributed by atoms with van der Waals surface area (Å²) >= 11 is 6.36. The molecule has 5 rings (SSSR count). The van der Waals surface area contributed by atoms with Gasteiger partial charge >= 0.3 is 12.5 Å². The monoisotopic (exact) mass is 634 g/mol. The molecule has 3 aromatic rings. The number of hydrogen-bond donors (Lipinski definition) is 2. The number of methoxy groups -OCH3 is 1. The predicted molar refractivity (Wildman–Crippen MR) is 157 cm³/mol. The van der Waals surface area contributed by atoms with E-state index < -0.39 is 18.5 Å². The number of alkyl halides is 3. The Morgan fingerprint density at radius 1 is 1.16 bits per heavy atom. The molecule has 2 saturated heterocycles. The summed E-state index contributed by atoms with van der Waals surface area (Å²) in [5.74, 6) is 0.165. The molecule has 2 N–H and O–H groups in total. The molecule has 236 valence electrons. The lowest BCUT2D eigenvalue weighted by molar-refractivity contribution is -0.274. The van der Waals surface area contributed by atoms with Gasteiger partial charge < -0.3 is 29.4 Å². The summed E-state index contributed by atoms with van der Waals surface area (Å²) in [6.07, 6.45) is -1.89. The highest BCUT2D eigenvalue weighted by Gasteiger charge is 2.42. The van der Waals surface area contributed by atoms with Gasteiger partial charge in [-0.1, -0.05) is 42.8 Å².